The second-order valence-electron chi connectivity index (χ2n) is 5.85. The summed E-state index contributed by atoms with van der Waals surface area (Å²) in [6, 6.07) is 5.39. The molecule has 3 N–H and O–H groups in total. The third kappa shape index (κ3) is 3.04. The van der Waals surface area contributed by atoms with Crippen molar-refractivity contribution in [3.8, 4) is 0 Å². The highest BCUT2D eigenvalue weighted by Crippen LogP contribution is 2.29. The van der Waals surface area contributed by atoms with E-state index in [1.807, 2.05) is 25.1 Å². The summed E-state index contributed by atoms with van der Waals surface area (Å²) in [6.07, 6.45) is 1.39. The van der Waals surface area contributed by atoms with Crippen molar-refractivity contribution in [2.75, 3.05) is 38.3 Å². The van der Waals surface area contributed by atoms with Crippen molar-refractivity contribution in [2.45, 2.75) is 18.9 Å². The molecule has 0 bridgehead atoms. The molecule has 1 aliphatic carbocycles. The Morgan fingerprint density at radius 3 is 2.55 bits per heavy atom. The topological polar surface area (TPSA) is 69.8 Å². The molecule has 0 radical (unpaired) electrons. The summed E-state index contributed by atoms with van der Waals surface area (Å²) in [7, 11) is 5.62. The van der Waals surface area contributed by atoms with E-state index in [0.717, 1.165) is 18.5 Å². The zero-order valence-corrected chi connectivity index (χ0v) is 12.3. The van der Waals surface area contributed by atoms with Crippen molar-refractivity contribution in [1.82, 2.24) is 4.90 Å². The molecule has 0 aromatic heterocycles. The molecule has 0 heterocycles. The molecule has 1 saturated carbocycles. The maximum absolute atomic E-state index is 12.6. The van der Waals surface area contributed by atoms with Crippen LogP contribution in [0, 0.1) is 5.92 Å². The van der Waals surface area contributed by atoms with Crippen LogP contribution in [0.25, 0.3) is 0 Å². The van der Waals surface area contributed by atoms with Gasteiger partial charge in [-0.05, 0) is 37.0 Å². The minimum absolute atomic E-state index is 0.0256. The van der Waals surface area contributed by atoms with Gasteiger partial charge in [0, 0.05) is 39.1 Å². The molecule has 20 heavy (non-hydrogen) atoms. The molecule has 0 atom stereocenters. The number of carbonyl (C=O) groups excluding carboxylic acids is 1. The van der Waals surface area contributed by atoms with Crippen LogP contribution in [0.5, 0.6) is 0 Å². The van der Waals surface area contributed by atoms with Crippen LogP contribution < -0.4 is 10.6 Å². The molecule has 1 aromatic rings. The number of aliphatic hydroxyl groups is 1. The molecule has 1 aromatic carbocycles. The number of nitrogens with two attached hydrogens (primary N) is 1. The van der Waals surface area contributed by atoms with E-state index in [0.29, 0.717) is 23.7 Å². The van der Waals surface area contributed by atoms with Crippen molar-refractivity contribution in [2.24, 2.45) is 5.92 Å². The Kier molecular flexibility index (Phi) is 4.18. The summed E-state index contributed by atoms with van der Waals surface area (Å²) >= 11 is 0. The summed E-state index contributed by atoms with van der Waals surface area (Å²) in [5.74, 6) is 0.380. The summed E-state index contributed by atoms with van der Waals surface area (Å²) in [5, 5.41) is 9.31. The lowest BCUT2D eigenvalue weighted by Crippen LogP contribution is -2.39. The number of hydrogen-bond acceptors (Lipinski definition) is 4. The van der Waals surface area contributed by atoms with E-state index in [1.54, 1.807) is 24.1 Å². The molecule has 1 aliphatic rings. The van der Waals surface area contributed by atoms with Crippen LogP contribution in [0.2, 0.25) is 0 Å². The molecular formula is C15H23N3O2. The summed E-state index contributed by atoms with van der Waals surface area (Å²) in [5.41, 5.74) is 7.88. The fourth-order valence-electron chi connectivity index (χ4n) is 2.64. The van der Waals surface area contributed by atoms with Gasteiger partial charge in [0.05, 0.1) is 11.7 Å². The van der Waals surface area contributed by atoms with Gasteiger partial charge in [0.1, 0.15) is 0 Å². The van der Waals surface area contributed by atoms with Gasteiger partial charge in [-0.15, -0.1) is 0 Å². The summed E-state index contributed by atoms with van der Waals surface area (Å²) < 4.78 is 0. The molecule has 5 nitrogen and oxygen atoms in total. The molecule has 1 fully saturated rings. The highest BCUT2D eigenvalue weighted by atomic mass is 16.3. The van der Waals surface area contributed by atoms with Gasteiger partial charge in [0.15, 0.2) is 0 Å². The zero-order chi connectivity index (χ0) is 14.9. The van der Waals surface area contributed by atoms with Gasteiger partial charge in [-0.2, -0.15) is 0 Å². The smallest absolute Gasteiger partial charge is 0.255 e. The first kappa shape index (κ1) is 14.7. The first-order valence-corrected chi connectivity index (χ1v) is 6.89. The molecule has 0 spiro atoms. The summed E-state index contributed by atoms with van der Waals surface area (Å²) in [6.45, 7) is 0.678. The van der Waals surface area contributed by atoms with E-state index in [2.05, 4.69) is 0 Å². The van der Waals surface area contributed by atoms with Gasteiger partial charge in [0.2, 0.25) is 0 Å². The molecule has 0 unspecified atom stereocenters. The number of benzene rings is 1. The van der Waals surface area contributed by atoms with Crippen molar-refractivity contribution in [3.63, 3.8) is 0 Å². The van der Waals surface area contributed by atoms with Gasteiger partial charge in [-0.25, -0.2) is 0 Å². The quantitative estimate of drug-likeness (QED) is 0.811. The monoisotopic (exact) mass is 277 g/mol. The second kappa shape index (κ2) is 5.71. The van der Waals surface area contributed by atoms with Crippen LogP contribution in [-0.2, 0) is 0 Å². The van der Waals surface area contributed by atoms with Crippen molar-refractivity contribution < 1.29 is 9.90 Å². The van der Waals surface area contributed by atoms with Gasteiger partial charge >= 0.3 is 0 Å². The number of hydrogen-bond donors (Lipinski definition) is 2. The molecule has 0 aliphatic heterocycles. The maximum Gasteiger partial charge on any atom is 0.255 e. The first-order valence-electron chi connectivity index (χ1n) is 6.89. The standard InChI is InChI=1S/C15H23N3O2/c1-17(2)14-5-4-11(16)8-13(14)15(20)18(3)9-10-6-12(19)7-10/h4-5,8,10,12,19H,6-7,9,16H2,1-3H3. The van der Waals surface area contributed by atoms with Crippen LogP contribution >= 0.6 is 0 Å². The average Bonchev–Trinajstić information content (AvgIpc) is 2.35. The fraction of sp³-hybridized carbons (Fsp3) is 0.533. The molecule has 1 amide bonds. The van der Waals surface area contributed by atoms with Gasteiger partial charge in [-0.1, -0.05) is 0 Å². The minimum Gasteiger partial charge on any atom is -0.399 e. The lowest BCUT2D eigenvalue weighted by atomic mass is 9.82. The van der Waals surface area contributed by atoms with Crippen molar-refractivity contribution >= 4 is 17.3 Å². The first-order chi connectivity index (χ1) is 9.38. The van der Waals surface area contributed by atoms with Crippen LogP contribution in [-0.4, -0.2) is 49.7 Å². The van der Waals surface area contributed by atoms with Crippen molar-refractivity contribution in [3.05, 3.63) is 23.8 Å². The Morgan fingerprint density at radius 2 is 2.00 bits per heavy atom. The maximum atomic E-state index is 12.6. The molecule has 2 rings (SSSR count). The third-order valence-corrected chi connectivity index (χ3v) is 3.82. The molecule has 5 heteroatoms. The number of carbonyl (C=O) groups is 1. The Labute approximate surface area is 120 Å². The predicted molar refractivity (Wildman–Crippen MR) is 80.9 cm³/mol. The SMILES string of the molecule is CN(CC1CC(O)C1)C(=O)c1cc(N)ccc1N(C)C. The Balaban J connectivity index is 2.13. The summed E-state index contributed by atoms with van der Waals surface area (Å²) in [4.78, 5) is 16.2. The van der Waals surface area contributed by atoms with Crippen LogP contribution in [0.15, 0.2) is 18.2 Å². The number of anilines is 2. The number of nitrogen functional groups attached to an aromatic ring is 1. The van der Waals surface area contributed by atoms with Crippen LogP contribution in [0.4, 0.5) is 11.4 Å². The lowest BCUT2D eigenvalue weighted by Gasteiger charge is -2.34. The number of nitrogens with zero attached hydrogens (tertiary/aromatic N) is 2. The van der Waals surface area contributed by atoms with E-state index >= 15 is 0 Å². The highest BCUT2D eigenvalue weighted by molar-refractivity contribution is 6.00. The Hall–Kier alpha value is -1.75. The third-order valence-electron chi connectivity index (χ3n) is 3.82. The molecular weight excluding hydrogens is 254 g/mol. The Bertz CT molecular complexity index is 496. The van der Waals surface area contributed by atoms with E-state index in [9.17, 15) is 9.90 Å². The Morgan fingerprint density at radius 1 is 1.35 bits per heavy atom. The lowest BCUT2D eigenvalue weighted by molar-refractivity contribution is 0.0265. The minimum atomic E-state index is -0.187. The van der Waals surface area contributed by atoms with Gasteiger partial charge in [-0.3, -0.25) is 4.79 Å². The molecule has 110 valence electrons. The van der Waals surface area contributed by atoms with Gasteiger partial charge in [0.25, 0.3) is 5.91 Å². The van der Waals surface area contributed by atoms with Crippen molar-refractivity contribution in [1.29, 1.82) is 0 Å². The zero-order valence-electron chi connectivity index (χ0n) is 12.3. The number of aliphatic hydroxyl groups excluding tert-OH is 1. The highest BCUT2D eigenvalue weighted by Gasteiger charge is 2.29. The van der Waals surface area contributed by atoms with E-state index in [4.69, 9.17) is 5.73 Å². The van der Waals surface area contributed by atoms with Crippen LogP contribution in [0.1, 0.15) is 23.2 Å². The van der Waals surface area contributed by atoms with E-state index in [-0.39, 0.29) is 12.0 Å². The average molecular weight is 277 g/mol. The predicted octanol–water partition coefficient (Wildman–Crippen LogP) is 1.18. The fourth-order valence-corrected chi connectivity index (χ4v) is 2.64. The number of amides is 1. The van der Waals surface area contributed by atoms with Gasteiger partial charge < -0.3 is 20.6 Å². The largest absolute Gasteiger partial charge is 0.399 e. The van der Waals surface area contributed by atoms with Crippen LogP contribution in [0.3, 0.4) is 0 Å². The normalized spacial score (nSPS) is 21.2. The number of rotatable bonds is 4. The molecule has 0 saturated heterocycles. The van der Waals surface area contributed by atoms with E-state index in [1.165, 1.54) is 0 Å². The second-order valence-corrected chi connectivity index (χ2v) is 5.85. The van der Waals surface area contributed by atoms with E-state index < -0.39 is 0 Å².